The van der Waals surface area contributed by atoms with Gasteiger partial charge in [-0.2, -0.15) is 5.26 Å². The first-order valence-corrected chi connectivity index (χ1v) is 6.25. The molecule has 0 aliphatic heterocycles. The van der Waals surface area contributed by atoms with Gasteiger partial charge in [0.2, 0.25) is 0 Å². The van der Waals surface area contributed by atoms with E-state index in [9.17, 15) is 5.11 Å². The summed E-state index contributed by atoms with van der Waals surface area (Å²) in [7, 11) is 0. The number of aliphatic hydroxyl groups excluding tert-OH is 1. The molecule has 1 saturated carbocycles. The predicted molar refractivity (Wildman–Crippen MR) is 68.0 cm³/mol. The molecule has 96 valence electrons. The molecule has 4 heteroatoms. The topological polar surface area (TPSA) is 65.3 Å². The van der Waals surface area contributed by atoms with Crippen LogP contribution >= 0.6 is 0 Å². The molecule has 0 bridgehead atoms. The lowest BCUT2D eigenvalue weighted by Crippen LogP contribution is -2.35. The zero-order valence-electron chi connectivity index (χ0n) is 10.3. The second-order valence-electron chi connectivity index (χ2n) is 4.71. The summed E-state index contributed by atoms with van der Waals surface area (Å²) in [5.74, 6) is 1.35. The summed E-state index contributed by atoms with van der Waals surface area (Å²) in [6, 6.07) is 9.68. The smallest absolute Gasteiger partial charge is 0.174 e. The minimum absolute atomic E-state index is 0.0756. The fourth-order valence-electron chi connectivity index (χ4n) is 2.11. The van der Waals surface area contributed by atoms with Crippen LogP contribution in [-0.4, -0.2) is 24.4 Å². The maximum absolute atomic E-state index is 9.17. The average Bonchev–Trinajstić information content (AvgIpc) is 2.35. The minimum Gasteiger partial charge on any atom is -0.479 e. The van der Waals surface area contributed by atoms with E-state index in [1.807, 2.05) is 30.3 Å². The van der Waals surface area contributed by atoms with Crippen molar-refractivity contribution >= 4 is 0 Å². The van der Waals surface area contributed by atoms with Crippen LogP contribution in [0, 0.1) is 17.2 Å². The normalized spacial score (nSPS) is 22.0. The lowest BCUT2D eigenvalue weighted by atomic mass is 9.82. The fourth-order valence-corrected chi connectivity index (χ4v) is 2.11. The molecule has 0 aromatic heterocycles. The van der Waals surface area contributed by atoms with E-state index in [2.05, 4.69) is 5.32 Å². The molecule has 4 nitrogen and oxygen atoms in total. The summed E-state index contributed by atoms with van der Waals surface area (Å²) in [6.07, 6.45) is 1.77. The number of hydrogen-bond acceptors (Lipinski definition) is 4. The molecule has 1 aliphatic rings. The van der Waals surface area contributed by atoms with Crippen molar-refractivity contribution in [2.45, 2.75) is 25.5 Å². The van der Waals surface area contributed by atoms with Crippen molar-refractivity contribution in [1.82, 2.24) is 5.32 Å². The van der Waals surface area contributed by atoms with Crippen LogP contribution < -0.4 is 10.1 Å². The summed E-state index contributed by atoms with van der Waals surface area (Å²) in [4.78, 5) is 0. The van der Waals surface area contributed by atoms with Gasteiger partial charge in [-0.05, 0) is 43.0 Å². The highest BCUT2D eigenvalue weighted by Gasteiger charge is 2.26. The third kappa shape index (κ3) is 3.73. The van der Waals surface area contributed by atoms with Gasteiger partial charge in [0.1, 0.15) is 11.8 Å². The Morgan fingerprint density at radius 1 is 1.33 bits per heavy atom. The van der Waals surface area contributed by atoms with Gasteiger partial charge < -0.3 is 15.2 Å². The summed E-state index contributed by atoms with van der Waals surface area (Å²) < 4.78 is 5.18. The summed E-state index contributed by atoms with van der Waals surface area (Å²) in [6.45, 7) is 1.87. The lowest BCUT2D eigenvalue weighted by Gasteiger charge is -2.31. The van der Waals surface area contributed by atoms with Crippen molar-refractivity contribution in [3.05, 3.63) is 29.8 Å². The fraction of sp³-hybridized carbons (Fsp3) is 0.500. The Morgan fingerprint density at radius 3 is 2.67 bits per heavy atom. The zero-order chi connectivity index (χ0) is 12.8. The number of ether oxygens (including phenoxy) is 1. The molecule has 1 aliphatic carbocycles. The molecule has 0 atom stereocenters. The first kappa shape index (κ1) is 12.9. The van der Waals surface area contributed by atoms with Crippen LogP contribution in [0.3, 0.4) is 0 Å². The average molecular weight is 246 g/mol. The van der Waals surface area contributed by atoms with Gasteiger partial charge in [-0.3, -0.25) is 0 Å². The first-order chi connectivity index (χ1) is 8.78. The molecule has 0 unspecified atom stereocenters. The molecule has 0 radical (unpaired) electrons. The van der Waals surface area contributed by atoms with Crippen LogP contribution in [0.4, 0.5) is 0 Å². The molecule has 0 saturated heterocycles. The number of aliphatic hydroxyl groups is 1. The van der Waals surface area contributed by atoms with E-state index < -0.39 is 0 Å². The number of hydrogen-bond donors (Lipinski definition) is 2. The molecule has 2 N–H and O–H groups in total. The second kappa shape index (κ2) is 6.39. The summed E-state index contributed by atoms with van der Waals surface area (Å²) in [5, 5.41) is 20.9. The van der Waals surface area contributed by atoms with Gasteiger partial charge in [-0.1, -0.05) is 12.1 Å². The summed E-state index contributed by atoms with van der Waals surface area (Å²) >= 11 is 0. The Kier molecular flexibility index (Phi) is 4.57. The van der Waals surface area contributed by atoms with E-state index in [4.69, 9.17) is 10.00 Å². The second-order valence-corrected chi connectivity index (χ2v) is 4.71. The van der Waals surface area contributed by atoms with Crippen LogP contribution in [0.15, 0.2) is 24.3 Å². The predicted octanol–water partition coefficient (Wildman–Crippen LogP) is 1.45. The number of nitrogens with one attached hydrogen (secondary N) is 1. The summed E-state index contributed by atoms with van der Waals surface area (Å²) in [5.41, 5.74) is 1.19. The zero-order valence-corrected chi connectivity index (χ0v) is 10.3. The lowest BCUT2D eigenvalue weighted by molar-refractivity contribution is 0.0430. The van der Waals surface area contributed by atoms with E-state index in [-0.39, 0.29) is 12.7 Å². The molecule has 0 amide bonds. The molecule has 0 spiro atoms. The van der Waals surface area contributed by atoms with Crippen molar-refractivity contribution in [2.75, 3.05) is 13.2 Å². The largest absolute Gasteiger partial charge is 0.479 e. The minimum atomic E-state index is -0.0756. The van der Waals surface area contributed by atoms with E-state index >= 15 is 0 Å². The number of nitrogens with zero attached hydrogens (tertiary/aromatic N) is 1. The van der Waals surface area contributed by atoms with Crippen LogP contribution in [0.2, 0.25) is 0 Å². The monoisotopic (exact) mass is 246 g/mol. The Labute approximate surface area is 107 Å². The third-order valence-corrected chi connectivity index (χ3v) is 3.20. The van der Waals surface area contributed by atoms with E-state index in [0.29, 0.717) is 5.92 Å². The van der Waals surface area contributed by atoms with Gasteiger partial charge in [0.15, 0.2) is 6.61 Å². The van der Waals surface area contributed by atoms with Crippen molar-refractivity contribution in [1.29, 1.82) is 5.26 Å². The maximum Gasteiger partial charge on any atom is 0.174 e. The van der Waals surface area contributed by atoms with Gasteiger partial charge in [0.05, 0.1) is 6.10 Å². The van der Waals surface area contributed by atoms with Crippen LogP contribution in [-0.2, 0) is 6.54 Å². The van der Waals surface area contributed by atoms with Crippen molar-refractivity contribution in [3.8, 4) is 11.8 Å². The van der Waals surface area contributed by atoms with Crippen LogP contribution in [0.25, 0.3) is 0 Å². The molecule has 1 fully saturated rings. The molecule has 1 aromatic carbocycles. The van der Waals surface area contributed by atoms with Crippen molar-refractivity contribution in [2.24, 2.45) is 5.92 Å². The highest BCUT2D eigenvalue weighted by Crippen LogP contribution is 2.26. The van der Waals surface area contributed by atoms with Crippen LogP contribution in [0.5, 0.6) is 5.75 Å². The highest BCUT2D eigenvalue weighted by atomic mass is 16.5. The third-order valence-electron chi connectivity index (χ3n) is 3.20. The van der Waals surface area contributed by atoms with E-state index in [1.165, 1.54) is 5.56 Å². The van der Waals surface area contributed by atoms with E-state index in [1.54, 1.807) is 0 Å². The van der Waals surface area contributed by atoms with Crippen LogP contribution in [0.1, 0.15) is 18.4 Å². The Balaban J connectivity index is 1.68. The van der Waals surface area contributed by atoms with Gasteiger partial charge in [-0.25, -0.2) is 0 Å². The Bertz CT molecular complexity index is 405. The SMILES string of the molecule is N#CCOc1ccc(CNCC2CC(O)C2)cc1. The molecule has 1 aromatic rings. The van der Waals surface area contributed by atoms with Gasteiger partial charge >= 0.3 is 0 Å². The molecule has 18 heavy (non-hydrogen) atoms. The molecule has 2 rings (SSSR count). The first-order valence-electron chi connectivity index (χ1n) is 6.25. The maximum atomic E-state index is 9.17. The Hall–Kier alpha value is -1.57. The standard InChI is InChI=1S/C14H18N2O2/c15-5-6-18-14-3-1-11(2-4-14)9-16-10-12-7-13(17)8-12/h1-4,12-13,16-17H,6-10H2. The van der Waals surface area contributed by atoms with Crippen molar-refractivity contribution in [3.63, 3.8) is 0 Å². The number of nitriles is 1. The van der Waals surface area contributed by atoms with Gasteiger partial charge in [-0.15, -0.1) is 0 Å². The molecular formula is C14H18N2O2. The van der Waals surface area contributed by atoms with Gasteiger partial charge in [0.25, 0.3) is 0 Å². The Morgan fingerprint density at radius 2 is 2.06 bits per heavy atom. The van der Waals surface area contributed by atoms with Gasteiger partial charge in [0, 0.05) is 6.54 Å². The van der Waals surface area contributed by atoms with Crippen molar-refractivity contribution < 1.29 is 9.84 Å². The number of rotatable bonds is 6. The molecular weight excluding hydrogens is 228 g/mol. The highest BCUT2D eigenvalue weighted by molar-refractivity contribution is 5.27. The quantitative estimate of drug-likeness (QED) is 0.797. The molecule has 0 heterocycles. The van der Waals surface area contributed by atoms with E-state index in [0.717, 1.165) is 31.7 Å². The number of benzene rings is 1.